The number of hydrogen-bond acceptors (Lipinski definition) is 2. The molecule has 16 heavy (non-hydrogen) atoms. The largest absolute Gasteiger partial charge is 0.325 e. The van der Waals surface area contributed by atoms with E-state index in [0.29, 0.717) is 11.7 Å². The van der Waals surface area contributed by atoms with Crippen LogP contribution in [-0.2, 0) is 7.05 Å². The van der Waals surface area contributed by atoms with Crippen LogP contribution in [0.3, 0.4) is 0 Å². The van der Waals surface area contributed by atoms with Gasteiger partial charge < -0.3 is 4.57 Å². The Balaban J connectivity index is 2.69. The van der Waals surface area contributed by atoms with E-state index in [9.17, 15) is 4.79 Å². The van der Waals surface area contributed by atoms with Gasteiger partial charge in [-0.05, 0) is 23.6 Å². The maximum absolute atomic E-state index is 11.4. The van der Waals surface area contributed by atoms with Gasteiger partial charge in [0, 0.05) is 14.0 Å². The minimum atomic E-state index is 0.00444. The second kappa shape index (κ2) is 3.74. The Labute approximate surface area is 95.1 Å². The minimum Gasteiger partial charge on any atom is -0.325 e. The summed E-state index contributed by atoms with van der Waals surface area (Å²) in [5.74, 6) is 1.01. The normalized spacial score (nSPS) is 11.3. The Hall–Kier alpha value is -1.64. The average molecular weight is 216 g/mol. The number of hydrogen-bond donors (Lipinski definition) is 0. The lowest BCUT2D eigenvalue weighted by Gasteiger charge is -2.05. The zero-order valence-electron chi connectivity index (χ0n) is 10.1. The molecule has 0 saturated heterocycles. The molecule has 0 N–H and O–H groups in total. The number of Topliss-reactive ketones (excluding diaryl/α,β-unsaturated/α-hetero) is 1. The first kappa shape index (κ1) is 10.9. The number of aryl methyl sites for hydroxylation is 1. The molecule has 0 spiro atoms. The van der Waals surface area contributed by atoms with E-state index in [1.807, 2.05) is 17.7 Å². The highest BCUT2D eigenvalue weighted by molar-refractivity contribution is 5.94. The number of carbonyl (C=O) groups is 1. The molecule has 2 aromatic rings. The summed E-state index contributed by atoms with van der Waals surface area (Å²) in [6.07, 6.45) is 0. The van der Waals surface area contributed by atoms with Crippen molar-refractivity contribution < 1.29 is 4.79 Å². The predicted octanol–water partition coefficient (Wildman–Crippen LogP) is 2.90. The molecule has 1 aromatic carbocycles. The van der Waals surface area contributed by atoms with Crippen molar-refractivity contribution in [3.63, 3.8) is 0 Å². The molecule has 0 radical (unpaired) electrons. The van der Waals surface area contributed by atoms with Crippen molar-refractivity contribution in [1.82, 2.24) is 9.55 Å². The predicted molar refractivity (Wildman–Crippen MR) is 64.8 cm³/mol. The second-order valence-electron chi connectivity index (χ2n) is 4.45. The number of imidazole rings is 1. The molecule has 0 amide bonds. The fraction of sp³-hybridized carbons (Fsp3) is 0.385. The van der Waals surface area contributed by atoms with Gasteiger partial charge in [-0.2, -0.15) is 0 Å². The molecule has 0 aliphatic rings. The molecule has 0 aliphatic heterocycles. The maximum atomic E-state index is 11.4. The Morgan fingerprint density at radius 3 is 2.62 bits per heavy atom. The third-order valence-electron chi connectivity index (χ3n) is 2.89. The summed E-state index contributed by atoms with van der Waals surface area (Å²) in [6, 6.07) is 6.17. The minimum absolute atomic E-state index is 0.00444. The third kappa shape index (κ3) is 1.62. The first-order valence-corrected chi connectivity index (χ1v) is 5.48. The number of nitrogens with zero attached hydrogens (tertiary/aromatic N) is 2. The number of fused-ring (bicyclic) bond motifs is 1. The lowest BCUT2D eigenvalue weighted by molar-refractivity contribution is 0.100. The first-order valence-electron chi connectivity index (χ1n) is 5.48. The Morgan fingerprint density at radius 2 is 2.06 bits per heavy atom. The lowest BCUT2D eigenvalue weighted by Crippen LogP contribution is -2.02. The third-order valence-corrected chi connectivity index (χ3v) is 2.89. The summed E-state index contributed by atoms with van der Waals surface area (Å²) in [7, 11) is 1.89. The molecule has 1 aromatic heterocycles. The highest BCUT2D eigenvalue weighted by Crippen LogP contribution is 2.21. The number of ketones is 1. The van der Waals surface area contributed by atoms with Crippen LogP contribution in [0.5, 0.6) is 0 Å². The van der Waals surface area contributed by atoms with E-state index >= 15 is 0 Å². The first-order chi connectivity index (χ1) is 7.50. The van der Waals surface area contributed by atoms with E-state index in [1.54, 1.807) is 6.92 Å². The van der Waals surface area contributed by atoms with Gasteiger partial charge >= 0.3 is 0 Å². The number of rotatable bonds is 2. The van der Waals surface area contributed by atoms with Gasteiger partial charge in [0.2, 0.25) is 0 Å². The van der Waals surface area contributed by atoms with Gasteiger partial charge in [-0.25, -0.2) is 4.98 Å². The molecule has 0 unspecified atom stereocenters. The molecule has 0 atom stereocenters. The number of carbonyl (C=O) groups excluding carboxylic acids is 1. The standard InChI is InChI=1S/C13H16N2O/c1-8(2)10-5-6-11-12(7-10)15(4)13(14-11)9(3)16/h5-8H,1-4H3. The van der Waals surface area contributed by atoms with Crippen molar-refractivity contribution in [2.75, 3.05) is 0 Å². The summed E-state index contributed by atoms with van der Waals surface area (Å²) in [4.78, 5) is 15.7. The Morgan fingerprint density at radius 1 is 1.38 bits per heavy atom. The quantitative estimate of drug-likeness (QED) is 0.723. The van der Waals surface area contributed by atoms with Crippen LogP contribution in [-0.4, -0.2) is 15.3 Å². The van der Waals surface area contributed by atoms with E-state index in [0.717, 1.165) is 11.0 Å². The molecule has 84 valence electrons. The van der Waals surface area contributed by atoms with E-state index < -0.39 is 0 Å². The van der Waals surface area contributed by atoms with Crippen LogP contribution >= 0.6 is 0 Å². The van der Waals surface area contributed by atoms with Crippen LogP contribution in [0.4, 0.5) is 0 Å². The number of aromatic nitrogens is 2. The van der Waals surface area contributed by atoms with Gasteiger partial charge in [-0.1, -0.05) is 19.9 Å². The molecule has 3 heteroatoms. The molecule has 0 saturated carbocycles. The van der Waals surface area contributed by atoms with E-state index in [2.05, 4.69) is 31.0 Å². The Kier molecular flexibility index (Phi) is 2.54. The molecule has 0 fully saturated rings. The highest BCUT2D eigenvalue weighted by Gasteiger charge is 2.12. The van der Waals surface area contributed by atoms with Gasteiger partial charge in [0.15, 0.2) is 11.6 Å². The van der Waals surface area contributed by atoms with Crippen molar-refractivity contribution in [1.29, 1.82) is 0 Å². The Bertz CT molecular complexity index is 552. The van der Waals surface area contributed by atoms with Gasteiger partial charge in [-0.15, -0.1) is 0 Å². The molecule has 1 heterocycles. The van der Waals surface area contributed by atoms with Crippen LogP contribution < -0.4 is 0 Å². The van der Waals surface area contributed by atoms with Crippen LogP contribution in [0, 0.1) is 0 Å². The van der Waals surface area contributed by atoms with Crippen LogP contribution in [0.2, 0.25) is 0 Å². The zero-order valence-corrected chi connectivity index (χ0v) is 10.1. The fourth-order valence-electron chi connectivity index (χ4n) is 1.88. The van der Waals surface area contributed by atoms with E-state index in [-0.39, 0.29) is 5.78 Å². The molecule has 3 nitrogen and oxygen atoms in total. The topological polar surface area (TPSA) is 34.9 Å². The second-order valence-corrected chi connectivity index (χ2v) is 4.45. The number of benzene rings is 1. The van der Waals surface area contributed by atoms with Crippen LogP contribution in [0.1, 0.15) is 42.9 Å². The summed E-state index contributed by atoms with van der Waals surface area (Å²) in [5, 5.41) is 0. The van der Waals surface area contributed by atoms with Gasteiger partial charge in [0.1, 0.15) is 0 Å². The monoisotopic (exact) mass is 216 g/mol. The summed E-state index contributed by atoms with van der Waals surface area (Å²) < 4.78 is 1.86. The van der Waals surface area contributed by atoms with Crippen LogP contribution in [0.25, 0.3) is 11.0 Å². The molecular weight excluding hydrogens is 200 g/mol. The fourth-order valence-corrected chi connectivity index (χ4v) is 1.88. The summed E-state index contributed by atoms with van der Waals surface area (Å²) >= 11 is 0. The maximum Gasteiger partial charge on any atom is 0.195 e. The van der Waals surface area contributed by atoms with Crippen molar-refractivity contribution in [3.05, 3.63) is 29.6 Å². The molecule has 2 rings (SSSR count). The van der Waals surface area contributed by atoms with Crippen molar-refractivity contribution in [2.45, 2.75) is 26.7 Å². The van der Waals surface area contributed by atoms with E-state index in [4.69, 9.17) is 0 Å². The van der Waals surface area contributed by atoms with Gasteiger partial charge in [-0.3, -0.25) is 4.79 Å². The van der Waals surface area contributed by atoms with Gasteiger partial charge in [0.05, 0.1) is 11.0 Å². The molecule has 0 bridgehead atoms. The summed E-state index contributed by atoms with van der Waals surface area (Å²) in [6.45, 7) is 5.86. The van der Waals surface area contributed by atoms with Crippen molar-refractivity contribution in [2.24, 2.45) is 7.05 Å². The zero-order chi connectivity index (χ0) is 11.9. The van der Waals surface area contributed by atoms with Gasteiger partial charge in [0.25, 0.3) is 0 Å². The molecular formula is C13H16N2O. The van der Waals surface area contributed by atoms with Crippen molar-refractivity contribution >= 4 is 16.8 Å². The summed E-state index contributed by atoms with van der Waals surface area (Å²) in [5.41, 5.74) is 3.18. The highest BCUT2D eigenvalue weighted by atomic mass is 16.1. The van der Waals surface area contributed by atoms with E-state index in [1.165, 1.54) is 5.56 Å². The smallest absolute Gasteiger partial charge is 0.195 e. The lowest BCUT2D eigenvalue weighted by atomic mass is 10.0. The van der Waals surface area contributed by atoms with Crippen LogP contribution in [0.15, 0.2) is 18.2 Å². The average Bonchev–Trinajstić information content (AvgIpc) is 2.56. The van der Waals surface area contributed by atoms with Crippen molar-refractivity contribution in [3.8, 4) is 0 Å². The molecule has 0 aliphatic carbocycles. The SMILES string of the molecule is CC(=O)c1nc2ccc(C(C)C)cc2n1C.